The molecule has 164 valence electrons. The number of esters is 1. The van der Waals surface area contributed by atoms with Crippen molar-refractivity contribution in [3.63, 3.8) is 0 Å². The first-order valence-electron chi connectivity index (χ1n) is 9.80. The Kier molecular flexibility index (Phi) is 8.61. The Morgan fingerprint density at radius 2 is 1.90 bits per heavy atom. The van der Waals surface area contributed by atoms with Crippen molar-refractivity contribution >= 4 is 46.6 Å². The molecule has 1 heterocycles. The molecular weight excluding hydrogens is 430 g/mol. The minimum atomic E-state index is -1.00. The van der Waals surface area contributed by atoms with E-state index in [-0.39, 0.29) is 17.6 Å². The van der Waals surface area contributed by atoms with Crippen LogP contribution in [0.5, 0.6) is 11.5 Å². The summed E-state index contributed by atoms with van der Waals surface area (Å²) >= 11 is 7.17. The van der Waals surface area contributed by atoms with Crippen LogP contribution in [0.1, 0.15) is 46.6 Å². The van der Waals surface area contributed by atoms with Crippen LogP contribution in [-0.4, -0.2) is 47.4 Å². The zero-order chi connectivity index (χ0) is 22.4. The lowest BCUT2D eigenvalue weighted by molar-refractivity contribution is -0.150. The lowest BCUT2D eigenvalue weighted by Crippen LogP contribution is -2.42. The topological polar surface area (TPSA) is 82.1 Å². The summed E-state index contributed by atoms with van der Waals surface area (Å²) in [6.07, 6.45) is 2.30. The van der Waals surface area contributed by atoms with Crippen molar-refractivity contribution in [1.82, 2.24) is 4.90 Å². The van der Waals surface area contributed by atoms with Crippen molar-refractivity contribution < 1.29 is 28.6 Å². The van der Waals surface area contributed by atoms with Crippen molar-refractivity contribution in [2.75, 3.05) is 13.2 Å². The minimum Gasteiger partial charge on any atom is -0.490 e. The molecule has 0 N–H and O–H groups in total. The zero-order valence-corrected chi connectivity index (χ0v) is 19.3. The fourth-order valence-corrected chi connectivity index (χ4v) is 3.84. The number of carbonyl (C=O) groups excluding carboxylic acids is 3. The van der Waals surface area contributed by atoms with Crippen LogP contribution in [-0.2, 0) is 14.3 Å². The van der Waals surface area contributed by atoms with Crippen LogP contribution in [0.2, 0.25) is 5.02 Å². The van der Waals surface area contributed by atoms with Crippen LogP contribution in [0.4, 0.5) is 4.79 Å². The number of ether oxygens (including phenoxy) is 3. The van der Waals surface area contributed by atoms with E-state index in [2.05, 4.69) is 0 Å². The minimum absolute atomic E-state index is 0.0478. The second-order valence-corrected chi connectivity index (χ2v) is 7.98. The van der Waals surface area contributed by atoms with Crippen LogP contribution in [0.25, 0.3) is 6.08 Å². The van der Waals surface area contributed by atoms with Crippen LogP contribution in [0, 0.1) is 0 Å². The van der Waals surface area contributed by atoms with Gasteiger partial charge in [-0.3, -0.25) is 14.5 Å². The number of benzene rings is 1. The Balaban J connectivity index is 2.35. The molecule has 2 amide bonds. The van der Waals surface area contributed by atoms with Crippen molar-refractivity contribution in [3.05, 3.63) is 27.6 Å². The average molecular weight is 456 g/mol. The summed E-state index contributed by atoms with van der Waals surface area (Å²) in [5, 5.41) is -0.189. The van der Waals surface area contributed by atoms with Gasteiger partial charge in [0.05, 0.1) is 29.2 Å². The predicted molar refractivity (Wildman–Crippen MR) is 117 cm³/mol. The molecule has 9 heteroatoms. The standard InChI is InChI=1S/C21H26ClNO6S/c1-6-12(4)29-18-15(22)9-14(10-16(18)27-7-2)11-17-19(24)23(21(26)30-17)13(5)20(25)28-8-3/h9-13H,6-8H2,1-5H3/b17-11+/t12-,13+/m0/s1. The zero-order valence-electron chi connectivity index (χ0n) is 17.7. The third-order valence-corrected chi connectivity index (χ3v) is 5.53. The molecule has 30 heavy (non-hydrogen) atoms. The molecule has 1 saturated heterocycles. The van der Waals surface area contributed by atoms with Crippen LogP contribution < -0.4 is 9.47 Å². The quantitative estimate of drug-likeness (QED) is 0.386. The third kappa shape index (κ3) is 5.49. The Morgan fingerprint density at radius 1 is 1.20 bits per heavy atom. The van der Waals surface area contributed by atoms with Crippen molar-refractivity contribution in [1.29, 1.82) is 0 Å². The van der Waals surface area contributed by atoms with E-state index in [0.717, 1.165) is 23.1 Å². The monoisotopic (exact) mass is 455 g/mol. The highest BCUT2D eigenvalue weighted by atomic mass is 35.5. The van der Waals surface area contributed by atoms with Crippen molar-refractivity contribution in [2.45, 2.75) is 53.2 Å². The molecule has 1 aliphatic rings. The second-order valence-electron chi connectivity index (χ2n) is 6.58. The summed E-state index contributed by atoms with van der Waals surface area (Å²) in [6.45, 7) is 9.47. The van der Waals surface area contributed by atoms with E-state index in [0.29, 0.717) is 28.7 Å². The van der Waals surface area contributed by atoms with Crippen LogP contribution >= 0.6 is 23.4 Å². The molecule has 1 aromatic carbocycles. The predicted octanol–water partition coefficient (Wildman–Crippen LogP) is 4.90. The highest BCUT2D eigenvalue weighted by Gasteiger charge is 2.41. The molecule has 1 aliphatic heterocycles. The molecule has 1 aromatic rings. The van der Waals surface area contributed by atoms with Gasteiger partial charge < -0.3 is 14.2 Å². The number of halogens is 1. The Bertz CT molecular complexity index is 856. The van der Waals surface area contributed by atoms with Gasteiger partial charge in [0, 0.05) is 0 Å². The maximum Gasteiger partial charge on any atom is 0.329 e. The Morgan fingerprint density at radius 3 is 2.50 bits per heavy atom. The maximum absolute atomic E-state index is 12.7. The van der Waals surface area contributed by atoms with Crippen LogP contribution in [0.15, 0.2) is 17.0 Å². The first kappa shape index (κ1) is 24.1. The molecule has 7 nitrogen and oxygen atoms in total. The molecule has 0 bridgehead atoms. The van der Waals surface area contributed by atoms with E-state index in [9.17, 15) is 14.4 Å². The molecule has 0 saturated carbocycles. The number of hydrogen-bond acceptors (Lipinski definition) is 7. The largest absolute Gasteiger partial charge is 0.490 e. The number of imide groups is 1. The molecular formula is C21H26ClNO6S. The number of rotatable bonds is 9. The SMILES string of the molecule is CCOC(=O)[C@@H](C)N1C(=O)S/C(=C/c2cc(Cl)c(O[C@@H](C)CC)c(OCC)c2)C1=O. The Labute approximate surface area is 185 Å². The number of carbonyl (C=O) groups is 3. The van der Waals surface area contributed by atoms with Gasteiger partial charge in [0.25, 0.3) is 11.1 Å². The van der Waals surface area contributed by atoms with E-state index in [1.54, 1.807) is 25.1 Å². The lowest BCUT2D eigenvalue weighted by atomic mass is 10.1. The molecule has 2 rings (SSSR count). The van der Waals surface area contributed by atoms with E-state index in [1.807, 2.05) is 20.8 Å². The van der Waals surface area contributed by atoms with Crippen molar-refractivity contribution in [2.24, 2.45) is 0 Å². The second kappa shape index (κ2) is 10.7. The number of thioether (sulfide) groups is 1. The molecule has 0 aliphatic carbocycles. The van der Waals surface area contributed by atoms with Gasteiger partial charge in [-0.05, 0) is 69.6 Å². The lowest BCUT2D eigenvalue weighted by Gasteiger charge is -2.19. The normalized spacial score (nSPS) is 17.3. The number of amides is 2. The third-order valence-electron chi connectivity index (χ3n) is 4.36. The van der Waals surface area contributed by atoms with Gasteiger partial charge in [-0.15, -0.1) is 0 Å². The van der Waals surface area contributed by atoms with E-state index in [4.69, 9.17) is 25.8 Å². The summed E-state index contributed by atoms with van der Waals surface area (Å²) < 4.78 is 16.5. The smallest absolute Gasteiger partial charge is 0.329 e. The van der Waals surface area contributed by atoms with E-state index >= 15 is 0 Å². The summed E-state index contributed by atoms with van der Waals surface area (Å²) in [6, 6.07) is 2.35. The maximum atomic E-state index is 12.7. The highest BCUT2D eigenvalue weighted by molar-refractivity contribution is 8.18. The molecule has 0 radical (unpaired) electrons. The first-order chi connectivity index (χ1) is 14.2. The van der Waals surface area contributed by atoms with Gasteiger partial charge in [-0.2, -0.15) is 0 Å². The highest BCUT2D eigenvalue weighted by Crippen LogP contribution is 2.40. The summed E-state index contributed by atoms with van der Waals surface area (Å²) in [7, 11) is 0. The van der Waals surface area contributed by atoms with Gasteiger partial charge in [-0.25, -0.2) is 4.79 Å². The molecule has 0 unspecified atom stereocenters. The van der Waals surface area contributed by atoms with Gasteiger partial charge >= 0.3 is 5.97 Å². The molecule has 0 spiro atoms. The molecule has 0 aromatic heterocycles. The van der Waals surface area contributed by atoms with E-state index in [1.165, 1.54) is 6.92 Å². The fraction of sp³-hybridized carbons (Fsp3) is 0.476. The molecule has 1 fully saturated rings. The van der Waals surface area contributed by atoms with Gasteiger partial charge in [0.15, 0.2) is 11.5 Å². The van der Waals surface area contributed by atoms with Crippen LogP contribution in [0.3, 0.4) is 0 Å². The van der Waals surface area contributed by atoms with E-state index < -0.39 is 23.2 Å². The summed E-state index contributed by atoms with van der Waals surface area (Å²) in [5.41, 5.74) is 0.578. The van der Waals surface area contributed by atoms with Gasteiger partial charge in [0.1, 0.15) is 6.04 Å². The molecule has 2 atom stereocenters. The average Bonchev–Trinajstić information content (AvgIpc) is 2.97. The van der Waals surface area contributed by atoms with Gasteiger partial charge in [0.2, 0.25) is 0 Å². The summed E-state index contributed by atoms with van der Waals surface area (Å²) in [5.74, 6) is -0.293. The first-order valence-corrected chi connectivity index (χ1v) is 11.0. The summed E-state index contributed by atoms with van der Waals surface area (Å²) in [4.78, 5) is 38.1. The number of hydrogen-bond donors (Lipinski definition) is 0. The number of nitrogens with zero attached hydrogens (tertiary/aromatic N) is 1. The fourth-order valence-electron chi connectivity index (χ4n) is 2.67. The van der Waals surface area contributed by atoms with Gasteiger partial charge in [-0.1, -0.05) is 18.5 Å². The van der Waals surface area contributed by atoms with Crippen molar-refractivity contribution in [3.8, 4) is 11.5 Å². The Hall–Kier alpha value is -2.19.